The van der Waals surface area contributed by atoms with E-state index in [1.807, 2.05) is 91.0 Å². The maximum atomic E-state index is 12.8. The van der Waals surface area contributed by atoms with Crippen molar-refractivity contribution in [2.45, 2.75) is 95.9 Å². The standard InChI is InChI=1S/C37H48N2O9/c1-25(31(34(40)42-5)39-36(41)48-37(2,3)4)46-35-30(38)33(45-23-28-19-13-8-14-20-28)32(44-22-27-17-11-7-12-18-27)29(47-35)24-43-21-26-15-9-6-10-16-26/h6-20,25,29-33,35H,21-24,38H2,1-5H3,(H,39,41)/t25-,29-,30-,31+,32-,33-,35+/m1/s1. The van der Waals surface area contributed by atoms with E-state index >= 15 is 0 Å². The van der Waals surface area contributed by atoms with Gasteiger partial charge in [-0.1, -0.05) is 91.0 Å². The molecule has 4 rings (SSSR count). The van der Waals surface area contributed by atoms with Crippen molar-refractivity contribution < 1.29 is 42.7 Å². The van der Waals surface area contributed by atoms with E-state index in [-0.39, 0.29) is 19.8 Å². The zero-order valence-electron chi connectivity index (χ0n) is 28.3. The van der Waals surface area contributed by atoms with Crippen molar-refractivity contribution in [2.24, 2.45) is 5.73 Å². The van der Waals surface area contributed by atoms with Crippen LogP contribution >= 0.6 is 0 Å². The minimum atomic E-state index is -1.22. The minimum absolute atomic E-state index is 0.136. The second-order valence-electron chi connectivity index (χ2n) is 12.6. The summed E-state index contributed by atoms with van der Waals surface area (Å²) in [7, 11) is 1.23. The molecule has 1 aliphatic heterocycles. The van der Waals surface area contributed by atoms with Gasteiger partial charge in [0.15, 0.2) is 12.3 Å². The molecule has 0 aliphatic carbocycles. The molecule has 260 valence electrons. The van der Waals surface area contributed by atoms with Crippen LogP contribution < -0.4 is 11.1 Å². The van der Waals surface area contributed by atoms with Gasteiger partial charge < -0.3 is 44.2 Å². The van der Waals surface area contributed by atoms with Gasteiger partial charge in [-0.15, -0.1) is 0 Å². The summed E-state index contributed by atoms with van der Waals surface area (Å²) in [6, 6.07) is 27.2. The Balaban J connectivity index is 1.58. The highest BCUT2D eigenvalue weighted by molar-refractivity contribution is 5.82. The van der Waals surface area contributed by atoms with Gasteiger partial charge in [0.05, 0.1) is 45.7 Å². The van der Waals surface area contributed by atoms with Crippen LogP contribution in [0.3, 0.4) is 0 Å². The summed E-state index contributed by atoms with van der Waals surface area (Å²) in [4.78, 5) is 25.4. The van der Waals surface area contributed by atoms with Crippen molar-refractivity contribution in [2.75, 3.05) is 13.7 Å². The van der Waals surface area contributed by atoms with Crippen LogP contribution in [-0.2, 0) is 57.8 Å². The van der Waals surface area contributed by atoms with E-state index in [0.717, 1.165) is 16.7 Å². The lowest BCUT2D eigenvalue weighted by atomic mass is 9.96. The van der Waals surface area contributed by atoms with Crippen molar-refractivity contribution >= 4 is 12.1 Å². The molecule has 11 heteroatoms. The molecule has 3 aromatic carbocycles. The zero-order valence-corrected chi connectivity index (χ0v) is 28.3. The number of benzene rings is 3. The Morgan fingerprint density at radius 2 is 1.31 bits per heavy atom. The summed E-state index contributed by atoms with van der Waals surface area (Å²) in [5.74, 6) is -0.721. The Morgan fingerprint density at radius 3 is 1.81 bits per heavy atom. The highest BCUT2D eigenvalue weighted by Crippen LogP contribution is 2.29. The Bertz CT molecular complexity index is 1390. The first-order chi connectivity index (χ1) is 23.0. The first-order valence-electron chi connectivity index (χ1n) is 16.1. The minimum Gasteiger partial charge on any atom is -0.467 e. The molecule has 1 aliphatic rings. The van der Waals surface area contributed by atoms with Crippen LogP contribution in [0, 0.1) is 0 Å². The molecule has 0 aromatic heterocycles. The molecule has 0 saturated carbocycles. The van der Waals surface area contributed by atoms with Crippen LogP contribution in [0.5, 0.6) is 0 Å². The first kappa shape index (κ1) is 37.0. The predicted octanol–water partition coefficient (Wildman–Crippen LogP) is 4.90. The molecule has 0 unspecified atom stereocenters. The van der Waals surface area contributed by atoms with Gasteiger partial charge in [0, 0.05) is 0 Å². The fourth-order valence-corrected chi connectivity index (χ4v) is 5.21. The van der Waals surface area contributed by atoms with E-state index in [9.17, 15) is 9.59 Å². The van der Waals surface area contributed by atoms with Gasteiger partial charge in [0.2, 0.25) is 0 Å². The van der Waals surface area contributed by atoms with Gasteiger partial charge >= 0.3 is 12.1 Å². The van der Waals surface area contributed by atoms with Crippen LogP contribution in [0.15, 0.2) is 91.0 Å². The predicted molar refractivity (Wildman–Crippen MR) is 178 cm³/mol. The number of rotatable bonds is 15. The largest absolute Gasteiger partial charge is 0.467 e. The molecule has 1 heterocycles. The Hall–Kier alpha value is -3.84. The number of carbonyl (C=O) groups excluding carboxylic acids is 2. The lowest BCUT2D eigenvalue weighted by Crippen LogP contribution is -2.65. The first-order valence-corrected chi connectivity index (χ1v) is 16.1. The summed E-state index contributed by atoms with van der Waals surface area (Å²) in [5.41, 5.74) is 8.98. The fraction of sp³-hybridized carbons (Fsp3) is 0.459. The lowest BCUT2D eigenvalue weighted by molar-refractivity contribution is -0.296. The third kappa shape index (κ3) is 11.4. The van der Waals surface area contributed by atoms with Crippen LogP contribution in [-0.4, -0.2) is 74.2 Å². The molecule has 0 spiro atoms. The van der Waals surface area contributed by atoms with Crippen LogP contribution in [0.1, 0.15) is 44.4 Å². The normalized spacial score (nSPS) is 22.3. The fourth-order valence-electron chi connectivity index (χ4n) is 5.21. The molecule has 1 fully saturated rings. The Labute approximate surface area is 282 Å². The van der Waals surface area contributed by atoms with Crippen LogP contribution in [0.4, 0.5) is 4.79 Å². The number of hydrogen-bond donors (Lipinski definition) is 2. The quantitative estimate of drug-likeness (QED) is 0.216. The van der Waals surface area contributed by atoms with E-state index in [0.29, 0.717) is 6.61 Å². The van der Waals surface area contributed by atoms with Crippen molar-refractivity contribution in [3.8, 4) is 0 Å². The second kappa shape index (κ2) is 18.1. The molecule has 7 atom stereocenters. The van der Waals surface area contributed by atoms with E-state index in [1.54, 1.807) is 27.7 Å². The van der Waals surface area contributed by atoms with Gasteiger partial charge in [-0.3, -0.25) is 0 Å². The number of nitrogens with two attached hydrogens (primary N) is 1. The zero-order chi connectivity index (χ0) is 34.5. The monoisotopic (exact) mass is 664 g/mol. The van der Waals surface area contributed by atoms with Gasteiger partial charge in [-0.05, 0) is 44.4 Å². The summed E-state index contributed by atoms with van der Waals surface area (Å²) >= 11 is 0. The number of nitrogens with one attached hydrogen (secondary N) is 1. The summed E-state index contributed by atoms with van der Waals surface area (Å²) in [5, 5.41) is 2.56. The highest BCUT2D eigenvalue weighted by atomic mass is 16.7. The maximum absolute atomic E-state index is 12.8. The lowest BCUT2D eigenvalue weighted by Gasteiger charge is -2.45. The third-order valence-electron chi connectivity index (χ3n) is 7.60. The molecule has 0 bridgehead atoms. The average Bonchev–Trinajstić information content (AvgIpc) is 3.07. The molecule has 11 nitrogen and oxygen atoms in total. The number of carbonyl (C=O) groups is 2. The van der Waals surface area contributed by atoms with Crippen molar-refractivity contribution in [1.29, 1.82) is 0 Å². The number of esters is 1. The maximum Gasteiger partial charge on any atom is 0.408 e. The molecule has 3 aromatic rings. The summed E-state index contributed by atoms with van der Waals surface area (Å²) in [6.45, 7) is 7.81. The molecule has 3 N–H and O–H groups in total. The average molecular weight is 665 g/mol. The van der Waals surface area contributed by atoms with Gasteiger partial charge in [0.1, 0.15) is 23.9 Å². The number of alkyl carbamates (subject to hydrolysis) is 1. The Morgan fingerprint density at radius 1 is 0.812 bits per heavy atom. The molecular formula is C37H48N2O9. The van der Waals surface area contributed by atoms with E-state index in [4.69, 9.17) is 38.9 Å². The smallest absolute Gasteiger partial charge is 0.408 e. The molecular weight excluding hydrogens is 616 g/mol. The van der Waals surface area contributed by atoms with E-state index < -0.39 is 60.5 Å². The topological polar surface area (TPSA) is 137 Å². The molecule has 0 radical (unpaired) electrons. The second-order valence-corrected chi connectivity index (χ2v) is 12.6. The number of hydrogen-bond acceptors (Lipinski definition) is 10. The van der Waals surface area contributed by atoms with Crippen molar-refractivity contribution in [1.82, 2.24) is 5.32 Å². The number of methoxy groups -OCH3 is 1. The van der Waals surface area contributed by atoms with Gasteiger partial charge in [-0.2, -0.15) is 0 Å². The third-order valence-corrected chi connectivity index (χ3v) is 7.60. The van der Waals surface area contributed by atoms with Crippen molar-refractivity contribution in [3.05, 3.63) is 108 Å². The molecule has 48 heavy (non-hydrogen) atoms. The van der Waals surface area contributed by atoms with E-state index in [1.165, 1.54) is 7.11 Å². The number of ether oxygens (including phenoxy) is 7. The van der Waals surface area contributed by atoms with Gasteiger partial charge in [0.25, 0.3) is 0 Å². The highest BCUT2D eigenvalue weighted by Gasteiger charge is 2.48. The summed E-state index contributed by atoms with van der Waals surface area (Å²) in [6.07, 6.45) is -4.84. The molecule has 1 amide bonds. The summed E-state index contributed by atoms with van der Waals surface area (Å²) < 4.78 is 42.2. The van der Waals surface area contributed by atoms with Crippen molar-refractivity contribution in [3.63, 3.8) is 0 Å². The number of amides is 1. The molecule has 1 saturated heterocycles. The van der Waals surface area contributed by atoms with Crippen LogP contribution in [0.2, 0.25) is 0 Å². The van der Waals surface area contributed by atoms with Gasteiger partial charge in [-0.25, -0.2) is 9.59 Å². The SMILES string of the molecule is COC(=O)[C@@H](NC(=O)OC(C)(C)C)[C@@H](C)O[C@H]1O[C@H](COCc2ccccc2)[C@@H](OCc2ccccc2)[C@H](OCc2ccccc2)[C@H]1N. The van der Waals surface area contributed by atoms with Crippen LogP contribution in [0.25, 0.3) is 0 Å². The Kier molecular flexibility index (Phi) is 13.9. The van der Waals surface area contributed by atoms with E-state index in [2.05, 4.69) is 5.32 Å².